The average Bonchev–Trinajstić information content (AvgIpc) is 3.50. The number of allylic oxidation sites excluding steroid dienone is 26. The van der Waals surface area contributed by atoms with Crippen LogP contribution in [-0.2, 0) is 28.6 Å². The van der Waals surface area contributed by atoms with E-state index in [1.807, 2.05) is 0 Å². The molecule has 0 spiro atoms. The summed E-state index contributed by atoms with van der Waals surface area (Å²) in [4.78, 5) is 38.5. The molecular formula is C77H124O6. The summed E-state index contributed by atoms with van der Waals surface area (Å²) < 4.78 is 16.9. The predicted octanol–water partition coefficient (Wildman–Crippen LogP) is 23.7. The summed E-state index contributed by atoms with van der Waals surface area (Å²) in [6, 6.07) is 0. The van der Waals surface area contributed by atoms with Gasteiger partial charge in [-0.05, 0) is 154 Å². The van der Waals surface area contributed by atoms with Gasteiger partial charge < -0.3 is 14.2 Å². The van der Waals surface area contributed by atoms with Gasteiger partial charge in [0, 0.05) is 19.3 Å². The lowest BCUT2D eigenvalue weighted by Crippen LogP contribution is -2.30. The number of ether oxygens (including phenoxy) is 3. The van der Waals surface area contributed by atoms with E-state index in [4.69, 9.17) is 14.2 Å². The molecule has 0 fully saturated rings. The Bertz CT molecular complexity index is 1840. The zero-order chi connectivity index (χ0) is 59.9. The minimum Gasteiger partial charge on any atom is -0.462 e. The van der Waals surface area contributed by atoms with Crippen molar-refractivity contribution in [1.82, 2.24) is 0 Å². The average molecular weight is 1150 g/mol. The van der Waals surface area contributed by atoms with E-state index in [-0.39, 0.29) is 31.1 Å². The van der Waals surface area contributed by atoms with E-state index in [9.17, 15) is 14.4 Å². The lowest BCUT2D eigenvalue weighted by molar-refractivity contribution is -0.167. The van der Waals surface area contributed by atoms with Gasteiger partial charge in [-0.3, -0.25) is 14.4 Å². The van der Waals surface area contributed by atoms with E-state index in [1.54, 1.807) is 0 Å². The second kappa shape index (κ2) is 69.5. The molecule has 6 heteroatoms. The first kappa shape index (κ1) is 78.0. The molecule has 0 saturated carbocycles. The zero-order valence-corrected chi connectivity index (χ0v) is 53.7. The maximum absolute atomic E-state index is 12.9. The van der Waals surface area contributed by atoms with Crippen LogP contribution in [0.2, 0.25) is 0 Å². The number of unbranched alkanes of at least 4 members (excludes halogenated alkanes) is 23. The van der Waals surface area contributed by atoms with Gasteiger partial charge in [-0.15, -0.1) is 0 Å². The Morgan fingerprint density at radius 1 is 0.253 bits per heavy atom. The molecule has 0 N–H and O–H groups in total. The Labute approximate surface area is 511 Å². The molecule has 0 heterocycles. The highest BCUT2D eigenvalue weighted by Gasteiger charge is 2.19. The highest BCUT2D eigenvalue weighted by Crippen LogP contribution is 2.14. The monoisotopic (exact) mass is 1140 g/mol. The standard InChI is InChI=1S/C77H124O6/c1-4-7-10-13-16-19-22-25-28-31-34-35-36-37-38-39-40-41-44-46-49-52-55-58-61-64-67-70-76(79)82-73-74(83-77(80)71-68-65-62-59-56-53-50-47-43-33-30-27-24-21-18-15-12-9-6-3)72-81-75(78)69-66-63-60-57-54-51-48-45-42-32-29-26-23-20-17-14-11-8-5-2/h7,10,16-21,25-30,34-35,37-38,40-43,45-47,49,74H,4-6,8-9,11-15,22-24,31-33,36,39,44,48,50-73H2,1-3H3/b10-7-,19-16-,20-17-,21-18-,28-25-,29-26-,30-27-,35-34-,38-37-,41-40-,45-42-,47-43-,49-46-. The minimum absolute atomic E-state index is 0.103. The van der Waals surface area contributed by atoms with Crippen molar-refractivity contribution in [3.05, 3.63) is 158 Å². The summed E-state index contributed by atoms with van der Waals surface area (Å²) in [6.45, 7) is 6.44. The maximum atomic E-state index is 12.9. The van der Waals surface area contributed by atoms with Crippen molar-refractivity contribution < 1.29 is 28.6 Å². The van der Waals surface area contributed by atoms with Crippen molar-refractivity contribution in [1.29, 1.82) is 0 Å². The summed E-state index contributed by atoms with van der Waals surface area (Å²) in [5, 5.41) is 0. The number of hydrogen-bond donors (Lipinski definition) is 0. The van der Waals surface area contributed by atoms with Gasteiger partial charge in [-0.1, -0.05) is 275 Å². The van der Waals surface area contributed by atoms with E-state index in [2.05, 4.69) is 179 Å². The van der Waals surface area contributed by atoms with E-state index >= 15 is 0 Å². The number of esters is 3. The Balaban J connectivity index is 4.49. The summed E-state index contributed by atoms with van der Waals surface area (Å²) in [5.41, 5.74) is 0. The maximum Gasteiger partial charge on any atom is 0.306 e. The third kappa shape index (κ3) is 67.7. The number of carbonyl (C=O) groups excluding carboxylic acids is 3. The van der Waals surface area contributed by atoms with Gasteiger partial charge in [0.15, 0.2) is 6.10 Å². The lowest BCUT2D eigenvalue weighted by atomic mass is 10.1. The van der Waals surface area contributed by atoms with Crippen LogP contribution in [0.25, 0.3) is 0 Å². The van der Waals surface area contributed by atoms with Crippen molar-refractivity contribution in [2.75, 3.05) is 13.2 Å². The van der Waals surface area contributed by atoms with Crippen LogP contribution in [0.1, 0.15) is 290 Å². The molecule has 83 heavy (non-hydrogen) atoms. The molecular weight excluding hydrogens is 1020 g/mol. The Hall–Kier alpha value is -4.97. The topological polar surface area (TPSA) is 78.9 Å². The minimum atomic E-state index is -0.809. The van der Waals surface area contributed by atoms with Crippen LogP contribution in [0.3, 0.4) is 0 Å². The van der Waals surface area contributed by atoms with Gasteiger partial charge in [-0.25, -0.2) is 0 Å². The van der Waals surface area contributed by atoms with E-state index < -0.39 is 6.10 Å². The first-order chi connectivity index (χ1) is 41.0. The summed E-state index contributed by atoms with van der Waals surface area (Å²) in [6.07, 6.45) is 101. The van der Waals surface area contributed by atoms with Gasteiger partial charge in [-0.2, -0.15) is 0 Å². The second-order valence-corrected chi connectivity index (χ2v) is 22.0. The van der Waals surface area contributed by atoms with Crippen LogP contribution >= 0.6 is 0 Å². The molecule has 6 nitrogen and oxygen atoms in total. The highest BCUT2D eigenvalue weighted by atomic mass is 16.6. The lowest BCUT2D eigenvalue weighted by Gasteiger charge is -2.18. The molecule has 0 aliphatic rings. The molecule has 0 radical (unpaired) electrons. The number of carbonyl (C=O) groups is 3. The van der Waals surface area contributed by atoms with Crippen LogP contribution in [0.5, 0.6) is 0 Å². The molecule has 1 unspecified atom stereocenters. The molecule has 0 aliphatic heterocycles. The number of hydrogen-bond acceptors (Lipinski definition) is 6. The Morgan fingerprint density at radius 2 is 0.470 bits per heavy atom. The second-order valence-electron chi connectivity index (χ2n) is 22.0. The fraction of sp³-hybridized carbons (Fsp3) is 0.623. The van der Waals surface area contributed by atoms with Crippen LogP contribution in [0, 0.1) is 0 Å². The van der Waals surface area contributed by atoms with Gasteiger partial charge in [0.2, 0.25) is 0 Å². The normalized spacial score (nSPS) is 13.1. The van der Waals surface area contributed by atoms with Crippen molar-refractivity contribution >= 4 is 17.9 Å². The molecule has 1 atom stereocenters. The zero-order valence-electron chi connectivity index (χ0n) is 53.7. The molecule has 0 aromatic carbocycles. The van der Waals surface area contributed by atoms with Gasteiger partial charge in [0.05, 0.1) is 0 Å². The quantitative estimate of drug-likeness (QED) is 0.0261. The van der Waals surface area contributed by atoms with E-state index in [1.165, 1.54) is 77.0 Å². The van der Waals surface area contributed by atoms with Gasteiger partial charge in [0.1, 0.15) is 13.2 Å². The van der Waals surface area contributed by atoms with Crippen LogP contribution in [0.4, 0.5) is 0 Å². The molecule has 0 aromatic rings. The largest absolute Gasteiger partial charge is 0.462 e. The fourth-order valence-corrected chi connectivity index (χ4v) is 8.91. The van der Waals surface area contributed by atoms with Crippen LogP contribution in [-0.4, -0.2) is 37.2 Å². The molecule has 0 aliphatic carbocycles. The van der Waals surface area contributed by atoms with E-state index in [0.717, 1.165) is 173 Å². The van der Waals surface area contributed by atoms with Crippen molar-refractivity contribution in [3.8, 4) is 0 Å². The van der Waals surface area contributed by atoms with Gasteiger partial charge >= 0.3 is 17.9 Å². The van der Waals surface area contributed by atoms with Crippen LogP contribution < -0.4 is 0 Å². The van der Waals surface area contributed by atoms with Crippen molar-refractivity contribution in [2.45, 2.75) is 297 Å². The fourth-order valence-electron chi connectivity index (χ4n) is 8.91. The third-order valence-electron chi connectivity index (χ3n) is 14.0. The first-order valence-corrected chi connectivity index (χ1v) is 34.0. The molecule has 468 valence electrons. The summed E-state index contributed by atoms with van der Waals surface area (Å²) in [5.74, 6) is -0.945. The molecule has 0 rings (SSSR count). The smallest absolute Gasteiger partial charge is 0.306 e. The molecule has 0 bridgehead atoms. The van der Waals surface area contributed by atoms with Crippen molar-refractivity contribution in [2.24, 2.45) is 0 Å². The highest BCUT2D eigenvalue weighted by molar-refractivity contribution is 5.71. The summed E-state index contributed by atoms with van der Waals surface area (Å²) >= 11 is 0. The third-order valence-corrected chi connectivity index (χ3v) is 14.0. The first-order valence-electron chi connectivity index (χ1n) is 34.0. The van der Waals surface area contributed by atoms with Crippen LogP contribution in [0.15, 0.2) is 158 Å². The Kier molecular flexibility index (Phi) is 65.4. The molecule has 0 amide bonds. The SMILES string of the molecule is CC/C=C\C/C=C\C/C=C\C/C=C\C/C=C\C/C=C\C/C=C\CCCCCCCC(=O)OCC(COC(=O)CCCCCCCC/C=C\C/C=C\C/C=C\CCCCC)OC(=O)CCCCCCCC/C=C\C/C=C\C/C=C\CCCCC. The van der Waals surface area contributed by atoms with E-state index in [0.29, 0.717) is 19.3 Å². The van der Waals surface area contributed by atoms with Crippen molar-refractivity contribution in [3.63, 3.8) is 0 Å². The molecule has 0 saturated heterocycles. The van der Waals surface area contributed by atoms with Gasteiger partial charge in [0.25, 0.3) is 0 Å². The number of rotatable bonds is 60. The predicted molar refractivity (Wildman–Crippen MR) is 362 cm³/mol. The molecule has 0 aromatic heterocycles. The summed E-state index contributed by atoms with van der Waals surface area (Å²) in [7, 11) is 0. The Morgan fingerprint density at radius 3 is 0.735 bits per heavy atom.